The van der Waals surface area contributed by atoms with Crippen molar-refractivity contribution in [1.29, 1.82) is 5.26 Å². The summed E-state index contributed by atoms with van der Waals surface area (Å²) in [6, 6.07) is 8.83. The van der Waals surface area contributed by atoms with Crippen molar-refractivity contribution < 1.29 is 18.7 Å². The number of ether oxygens (including phenoxy) is 1. The number of piperidine rings is 1. The number of morpholine rings is 1. The van der Waals surface area contributed by atoms with Crippen LogP contribution in [0.25, 0.3) is 0 Å². The topological polar surface area (TPSA) is 128 Å². The highest BCUT2D eigenvalue weighted by molar-refractivity contribution is 8.00. The van der Waals surface area contributed by atoms with Crippen LogP contribution in [-0.2, 0) is 38.3 Å². The zero-order valence-electron chi connectivity index (χ0n) is 33.4. The maximum Gasteiger partial charge on any atom is 0.264 e. The van der Waals surface area contributed by atoms with Crippen molar-refractivity contribution in [3.8, 4) is 6.07 Å². The van der Waals surface area contributed by atoms with Gasteiger partial charge in [-0.25, -0.2) is 9.97 Å². The number of aryl methyl sites for hydroxylation is 1. The molecule has 0 radical (unpaired) electrons. The van der Waals surface area contributed by atoms with Crippen LogP contribution in [0.3, 0.4) is 0 Å². The Morgan fingerprint density at radius 3 is 2.53 bits per heavy atom. The van der Waals surface area contributed by atoms with E-state index in [1.807, 2.05) is 11.0 Å². The first-order valence-electron chi connectivity index (χ1n) is 19.7. The number of nitrogens with one attached hydrogen (secondary N) is 1. The predicted molar refractivity (Wildman–Crippen MR) is 218 cm³/mol. The number of amides is 2. The quantitative estimate of drug-likeness (QED) is 0.107. The lowest BCUT2D eigenvalue weighted by Gasteiger charge is -2.36. The second kappa shape index (κ2) is 18.2. The fourth-order valence-electron chi connectivity index (χ4n) is 7.76. The van der Waals surface area contributed by atoms with E-state index in [2.05, 4.69) is 90.9 Å². The van der Waals surface area contributed by atoms with Crippen molar-refractivity contribution in [3.05, 3.63) is 70.6 Å². The van der Waals surface area contributed by atoms with Crippen molar-refractivity contribution in [2.24, 2.45) is 11.3 Å². The monoisotopic (exact) mass is 787 g/mol. The summed E-state index contributed by atoms with van der Waals surface area (Å²) in [6.07, 6.45) is 10.00. The van der Waals surface area contributed by atoms with Gasteiger partial charge in [0.05, 0.1) is 41.6 Å². The minimum Gasteiger partial charge on any atom is -0.444 e. The summed E-state index contributed by atoms with van der Waals surface area (Å²) >= 11 is 3.10. The zero-order chi connectivity index (χ0) is 39.2. The number of hydrogen-bond donors (Lipinski definition) is 1. The molecule has 1 atom stereocenters. The Balaban J connectivity index is 0.916. The summed E-state index contributed by atoms with van der Waals surface area (Å²) in [5.74, 6) is 2.07. The molecule has 0 spiro atoms. The van der Waals surface area contributed by atoms with Crippen molar-refractivity contribution in [2.45, 2.75) is 95.1 Å². The predicted octanol–water partition coefficient (Wildman–Crippen LogP) is 7.26. The average molecular weight is 788 g/mol. The largest absolute Gasteiger partial charge is 0.444 e. The second-order valence-corrected chi connectivity index (χ2v) is 19.2. The summed E-state index contributed by atoms with van der Waals surface area (Å²) in [5.41, 5.74) is 3.63. The lowest BCUT2D eigenvalue weighted by atomic mass is 9.88. The summed E-state index contributed by atoms with van der Waals surface area (Å²) in [7, 11) is 0. The first-order chi connectivity index (χ1) is 26.3. The molecule has 2 saturated heterocycles. The normalized spacial score (nSPS) is 19.3. The molecule has 6 rings (SSSR count). The van der Waals surface area contributed by atoms with Gasteiger partial charge in [-0.05, 0) is 80.8 Å². The number of anilines is 1. The van der Waals surface area contributed by atoms with Crippen LogP contribution in [0.15, 0.2) is 50.9 Å². The number of likely N-dealkylation sites (tertiary alicyclic amines) is 1. The van der Waals surface area contributed by atoms with Crippen LogP contribution < -0.4 is 5.32 Å². The number of thioether (sulfide) groups is 1. The SMILES string of the molecule is CC1c2ccc(CCCN3CCC(C(=O)Nc4ncc(SCc5ncc(C(C)(C)C)o5)s4)CC3)cc2CCN1C(=O)/C(C#N)=C\C(C)(C)CN1CCOCC1. The van der Waals surface area contributed by atoms with E-state index in [1.165, 1.54) is 28.0 Å². The highest BCUT2D eigenvalue weighted by atomic mass is 32.2. The molecule has 1 aromatic carbocycles. The molecule has 2 fully saturated rings. The summed E-state index contributed by atoms with van der Waals surface area (Å²) in [5, 5.41) is 13.7. The Morgan fingerprint density at radius 2 is 1.82 bits per heavy atom. The van der Waals surface area contributed by atoms with Crippen molar-refractivity contribution in [2.75, 3.05) is 64.3 Å². The number of nitrogens with zero attached hydrogens (tertiary/aromatic N) is 6. The van der Waals surface area contributed by atoms with E-state index in [0.717, 1.165) is 94.6 Å². The third kappa shape index (κ3) is 11.1. The molecule has 0 saturated carbocycles. The highest BCUT2D eigenvalue weighted by Gasteiger charge is 2.32. The minimum atomic E-state index is -0.307. The van der Waals surface area contributed by atoms with Crippen LogP contribution in [0.5, 0.6) is 0 Å². The van der Waals surface area contributed by atoms with Crippen molar-refractivity contribution in [3.63, 3.8) is 0 Å². The molecule has 0 aliphatic carbocycles. The van der Waals surface area contributed by atoms with Gasteiger partial charge in [0.2, 0.25) is 11.8 Å². The number of nitriles is 1. The van der Waals surface area contributed by atoms with Crippen LogP contribution in [0.2, 0.25) is 0 Å². The molecule has 3 aliphatic rings. The van der Waals surface area contributed by atoms with Gasteiger partial charge in [-0.1, -0.05) is 70.2 Å². The number of aromatic nitrogens is 2. The van der Waals surface area contributed by atoms with Crippen LogP contribution in [0, 0.1) is 22.7 Å². The second-order valence-electron chi connectivity index (χ2n) is 16.9. The van der Waals surface area contributed by atoms with Gasteiger partial charge in [0.15, 0.2) is 5.13 Å². The third-order valence-electron chi connectivity index (χ3n) is 10.9. The molecular formula is C42H57N7O4S2. The molecule has 2 amide bonds. The van der Waals surface area contributed by atoms with Gasteiger partial charge in [0.25, 0.3) is 5.91 Å². The van der Waals surface area contributed by atoms with Gasteiger partial charge in [0.1, 0.15) is 17.4 Å². The highest BCUT2D eigenvalue weighted by Crippen LogP contribution is 2.34. The number of oxazole rings is 1. The summed E-state index contributed by atoms with van der Waals surface area (Å²) < 4.78 is 12.4. The molecule has 13 heteroatoms. The molecular weight excluding hydrogens is 731 g/mol. The van der Waals surface area contributed by atoms with Gasteiger partial charge < -0.3 is 24.3 Å². The fraction of sp³-hybridized carbons (Fsp3) is 0.595. The van der Waals surface area contributed by atoms with Crippen LogP contribution >= 0.6 is 23.1 Å². The maximum absolute atomic E-state index is 13.7. The van der Waals surface area contributed by atoms with Gasteiger partial charge >= 0.3 is 0 Å². The van der Waals surface area contributed by atoms with Crippen molar-refractivity contribution in [1.82, 2.24) is 24.7 Å². The van der Waals surface area contributed by atoms with Crippen molar-refractivity contribution >= 4 is 40.0 Å². The molecule has 1 N–H and O–H groups in total. The number of thiazole rings is 1. The number of carbonyl (C=O) groups excluding carboxylic acids is 2. The van der Waals surface area contributed by atoms with Gasteiger partial charge in [-0.3, -0.25) is 14.5 Å². The number of carbonyl (C=O) groups is 2. The first-order valence-corrected chi connectivity index (χ1v) is 21.5. The maximum atomic E-state index is 13.7. The fourth-order valence-corrected chi connectivity index (χ4v) is 9.49. The smallest absolute Gasteiger partial charge is 0.264 e. The van der Waals surface area contributed by atoms with Crippen LogP contribution in [-0.4, -0.2) is 95.5 Å². The molecule has 3 aliphatic heterocycles. The number of rotatable bonds is 13. The van der Waals surface area contributed by atoms with E-state index < -0.39 is 0 Å². The standard InChI is InChI=1S/C42H57N7O4S2/c1-29-34-10-9-30(22-32(34)13-17-49(29)39(51)33(24-43)23-42(5,6)28-48-18-20-52-21-19-48)8-7-14-47-15-11-31(12-16-47)38(50)46-40-45-26-37(55-40)54-27-36-44-25-35(53-36)41(2,3)4/h9-10,22-23,25-26,29,31H,7-8,11-21,27-28H2,1-6H3,(H,45,46,50)/b33-23-. The number of hydrogen-bond acceptors (Lipinski definition) is 11. The van der Waals surface area contributed by atoms with Gasteiger partial charge in [-0.15, -0.1) is 11.8 Å². The van der Waals surface area contributed by atoms with E-state index in [1.54, 1.807) is 24.2 Å². The minimum absolute atomic E-state index is 0.00483. The van der Waals surface area contributed by atoms with Gasteiger partial charge in [0, 0.05) is 37.5 Å². The Hall–Kier alpha value is -3.54. The van der Waals surface area contributed by atoms with Crippen LogP contribution in [0.1, 0.15) is 95.2 Å². The lowest BCUT2D eigenvalue weighted by molar-refractivity contribution is -0.129. The number of benzene rings is 1. The van der Waals surface area contributed by atoms with E-state index >= 15 is 0 Å². The van der Waals surface area contributed by atoms with Crippen LogP contribution in [0.4, 0.5) is 5.13 Å². The Morgan fingerprint density at radius 1 is 1.05 bits per heavy atom. The Bertz CT molecular complexity index is 1860. The summed E-state index contributed by atoms with van der Waals surface area (Å²) in [6.45, 7) is 20.0. The molecule has 296 valence electrons. The molecule has 0 bridgehead atoms. The Kier molecular flexibility index (Phi) is 13.6. The van der Waals surface area contributed by atoms with E-state index in [-0.39, 0.29) is 40.2 Å². The molecule has 5 heterocycles. The summed E-state index contributed by atoms with van der Waals surface area (Å²) in [4.78, 5) is 42.3. The molecule has 1 unspecified atom stereocenters. The lowest BCUT2D eigenvalue weighted by Crippen LogP contribution is -2.42. The Labute approximate surface area is 334 Å². The molecule has 11 nitrogen and oxygen atoms in total. The van der Waals surface area contributed by atoms with E-state index in [4.69, 9.17) is 9.15 Å². The number of fused-ring (bicyclic) bond motifs is 1. The third-order valence-corrected chi connectivity index (χ3v) is 13.0. The van der Waals surface area contributed by atoms with E-state index in [0.29, 0.717) is 23.3 Å². The van der Waals surface area contributed by atoms with Gasteiger partial charge in [-0.2, -0.15) is 5.26 Å². The molecule has 3 aromatic rings. The van der Waals surface area contributed by atoms with E-state index in [9.17, 15) is 14.9 Å². The molecule has 55 heavy (non-hydrogen) atoms. The zero-order valence-corrected chi connectivity index (χ0v) is 35.0. The first kappa shape index (κ1) is 41.1. The average Bonchev–Trinajstić information content (AvgIpc) is 3.83. The molecule has 2 aromatic heterocycles.